The van der Waals surface area contributed by atoms with E-state index in [2.05, 4.69) is 28.2 Å². The van der Waals surface area contributed by atoms with Gasteiger partial charge in [0.15, 0.2) is 0 Å². The van der Waals surface area contributed by atoms with Gasteiger partial charge in [-0.15, -0.1) is 0 Å². The first-order valence-corrected chi connectivity index (χ1v) is 8.78. The SMILES string of the molecule is CC1c2cc(N(C)C)cc(c2)-n2c(c[nH]c2=O)-c2cc3c1[nH]nc3cc2O. The number of benzene rings is 2. The largest absolute Gasteiger partial charge is 0.507 e. The van der Waals surface area contributed by atoms with Crippen molar-refractivity contribution < 1.29 is 5.11 Å². The Morgan fingerprint density at radius 1 is 1.19 bits per heavy atom. The number of aromatic amines is 2. The topological polar surface area (TPSA) is 89.9 Å². The monoisotopic (exact) mass is 361 g/mol. The Labute approximate surface area is 154 Å². The summed E-state index contributed by atoms with van der Waals surface area (Å²) in [5, 5.41) is 19.0. The number of rotatable bonds is 1. The first-order chi connectivity index (χ1) is 12.9. The molecule has 0 radical (unpaired) electrons. The summed E-state index contributed by atoms with van der Waals surface area (Å²) in [4.78, 5) is 17.4. The van der Waals surface area contributed by atoms with Gasteiger partial charge >= 0.3 is 5.69 Å². The molecule has 4 aromatic rings. The minimum Gasteiger partial charge on any atom is -0.507 e. The van der Waals surface area contributed by atoms with Gasteiger partial charge in [0.25, 0.3) is 0 Å². The third kappa shape index (κ3) is 2.14. The van der Waals surface area contributed by atoms with E-state index in [0.717, 1.165) is 28.0 Å². The number of aromatic nitrogens is 4. The van der Waals surface area contributed by atoms with Gasteiger partial charge in [-0.2, -0.15) is 5.10 Å². The maximum Gasteiger partial charge on any atom is 0.330 e. The Morgan fingerprint density at radius 2 is 2.00 bits per heavy atom. The average Bonchev–Trinajstić information content (AvgIpc) is 3.22. The second-order valence-electron chi connectivity index (χ2n) is 7.24. The fourth-order valence-corrected chi connectivity index (χ4v) is 3.85. The maximum atomic E-state index is 12.6. The lowest BCUT2D eigenvalue weighted by Gasteiger charge is -2.21. The van der Waals surface area contributed by atoms with Crippen LogP contribution in [0.3, 0.4) is 0 Å². The van der Waals surface area contributed by atoms with Crippen LogP contribution in [0.1, 0.15) is 24.1 Å². The van der Waals surface area contributed by atoms with Crippen molar-refractivity contribution in [2.45, 2.75) is 12.8 Å². The standard InChI is InChI=1S/C20H19N5O2/c1-10-11-4-12(24(2)3)6-13(5-11)25-17(9-21-20(25)27)15-7-14-16(8-18(15)26)22-23-19(10)14/h4-10,26H,1-3H3,(H,21,27)(H,22,23). The lowest BCUT2D eigenvalue weighted by atomic mass is 9.92. The summed E-state index contributed by atoms with van der Waals surface area (Å²) < 4.78 is 1.61. The van der Waals surface area contributed by atoms with Gasteiger partial charge in [-0.1, -0.05) is 6.92 Å². The number of phenols is 1. The molecule has 1 unspecified atom stereocenters. The van der Waals surface area contributed by atoms with Crippen molar-refractivity contribution in [2.75, 3.05) is 19.0 Å². The molecule has 7 heteroatoms. The van der Waals surface area contributed by atoms with E-state index < -0.39 is 0 Å². The molecule has 0 spiro atoms. The third-order valence-electron chi connectivity index (χ3n) is 5.39. The lowest BCUT2D eigenvalue weighted by Crippen LogP contribution is -2.18. The van der Waals surface area contributed by atoms with Gasteiger partial charge in [0.2, 0.25) is 0 Å². The van der Waals surface area contributed by atoms with Crippen LogP contribution in [0.15, 0.2) is 41.3 Å². The number of aromatic hydroxyl groups is 1. The van der Waals surface area contributed by atoms with Gasteiger partial charge in [-0.05, 0) is 29.8 Å². The fourth-order valence-electron chi connectivity index (χ4n) is 3.85. The Balaban J connectivity index is 1.97. The van der Waals surface area contributed by atoms with Crippen molar-refractivity contribution in [1.29, 1.82) is 0 Å². The number of hydrogen-bond donors (Lipinski definition) is 3. The van der Waals surface area contributed by atoms with E-state index in [0.29, 0.717) is 16.8 Å². The number of H-pyrrole nitrogens is 2. The number of hydrogen-bond acceptors (Lipinski definition) is 4. The predicted molar refractivity (Wildman–Crippen MR) is 105 cm³/mol. The highest BCUT2D eigenvalue weighted by Gasteiger charge is 2.23. The Morgan fingerprint density at radius 3 is 2.78 bits per heavy atom. The van der Waals surface area contributed by atoms with Gasteiger partial charge in [0.05, 0.1) is 22.6 Å². The predicted octanol–water partition coefficient (Wildman–Crippen LogP) is 2.95. The molecule has 0 saturated carbocycles. The molecule has 5 rings (SSSR count). The van der Waals surface area contributed by atoms with Crippen molar-refractivity contribution in [2.24, 2.45) is 0 Å². The molecule has 27 heavy (non-hydrogen) atoms. The number of fused-ring (bicyclic) bond motifs is 6. The highest BCUT2D eigenvalue weighted by atomic mass is 16.3. The third-order valence-corrected chi connectivity index (χ3v) is 5.39. The molecule has 1 aliphatic rings. The van der Waals surface area contributed by atoms with Gasteiger partial charge in [0, 0.05) is 48.9 Å². The highest BCUT2D eigenvalue weighted by molar-refractivity contribution is 5.90. The van der Waals surface area contributed by atoms with E-state index in [4.69, 9.17) is 0 Å². The molecular weight excluding hydrogens is 342 g/mol. The van der Waals surface area contributed by atoms with Crippen LogP contribution in [0.25, 0.3) is 27.8 Å². The van der Waals surface area contributed by atoms with Crippen molar-refractivity contribution >= 4 is 16.6 Å². The summed E-state index contributed by atoms with van der Waals surface area (Å²) in [6.45, 7) is 2.11. The van der Waals surface area contributed by atoms with E-state index in [9.17, 15) is 9.90 Å². The highest BCUT2D eigenvalue weighted by Crippen LogP contribution is 2.39. The Bertz CT molecular complexity index is 1260. The average molecular weight is 361 g/mol. The smallest absolute Gasteiger partial charge is 0.330 e. The zero-order valence-electron chi connectivity index (χ0n) is 15.2. The molecule has 7 nitrogen and oxygen atoms in total. The van der Waals surface area contributed by atoms with Gasteiger partial charge < -0.3 is 15.0 Å². The molecular formula is C20H19N5O2. The van der Waals surface area contributed by atoms with Crippen LogP contribution in [0.2, 0.25) is 0 Å². The molecule has 0 aliphatic carbocycles. The van der Waals surface area contributed by atoms with E-state index in [1.807, 2.05) is 37.2 Å². The molecule has 3 N–H and O–H groups in total. The summed E-state index contributed by atoms with van der Waals surface area (Å²) >= 11 is 0. The van der Waals surface area contributed by atoms with Crippen LogP contribution in [0, 0.1) is 0 Å². The molecule has 3 heterocycles. The van der Waals surface area contributed by atoms with Crippen LogP contribution in [0.5, 0.6) is 5.75 Å². The minimum atomic E-state index is -0.244. The van der Waals surface area contributed by atoms with E-state index in [1.54, 1.807) is 16.8 Å². The van der Waals surface area contributed by atoms with Crippen molar-refractivity contribution in [3.05, 3.63) is 58.3 Å². The molecule has 0 amide bonds. The van der Waals surface area contributed by atoms with Crippen molar-refractivity contribution in [3.8, 4) is 22.7 Å². The van der Waals surface area contributed by atoms with Crippen molar-refractivity contribution in [1.82, 2.24) is 19.7 Å². The first kappa shape index (κ1) is 15.7. The molecule has 0 fully saturated rings. The van der Waals surface area contributed by atoms with Crippen LogP contribution in [-0.4, -0.2) is 39.0 Å². The maximum absolute atomic E-state index is 12.6. The van der Waals surface area contributed by atoms with Gasteiger partial charge in [0.1, 0.15) is 5.75 Å². The van der Waals surface area contributed by atoms with E-state index in [-0.39, 0.29) is 17.4 Å². The summed E-state index contributed by atoms with van der Waals surface area (Å²) in [5.74, 6) is 0.132. The first-order valence-electron chi connectivity index (χ1n) is 8.78. The molecule has 0 saturated heterocycles. The Kier molecular flexibility index (Phi) is 3.07. The van der Waals surface area contributed by atoms with E-state index in [1.165, 1.54) is 0 Å². The molecule has 2 aromatic carbocycles. The molecule has 136 valence electrons. The van der Waals surface area contributed by atoms with Crippen molar-refractivity contribution in [3.63, 3.8) is 0 Å². The van der Waals surface area contributed by atoms with Gasteiger partial charge in [-0.25, -0.2) is 4.79 Å². The number of anilines is 1. The number of nitrogens with one attached hydrogen (secondary N) is 2. The zero-order chi connectivity index (χ0) is 18.9. The second kappa shape index (κ2) is 5.26. The minimum absolute atomic E-state index is 0.0437. The quantitative estimate of drug-likeness (QED) is 0.486. The summed E-state index contributed by atoms with van der Waals surface area (Å²) in [6.07, 6.45) is 1.63. The number of phenolic OH excluding ortho intramolecular Hbond substituents is 1. The molecule has 4 bridgehead atoms. The molecule has 1 aliphatic heterocycles. The summed E-state index contributed by atoms with van der Waals surface area (Å²) in [7, 11) is 3.95. The molecule has 1 atom stereocenters. The normalized spacial score (nSPS) is 15.1. The van der Waals surface area contributed by atoms with Crippen LogP contribution in [-0.2, 0) is 0 Å². The van der Waals surface area contributed by atoms with Gasteiger partial charge in [-0.3, -0.25) is 9.67 Å². The number of nitrogens with zero attached hydrogens (tertiary/aromatic N) is 3. The zero-order valence-corrected chi connectivity index (χ0v) is 15.2. The lowest BCUT2D eigenvalue weighted by molar-refractivity contribution is 0.477. The van der Waals surface area contributed by atoms with Crippen LogP contribution in [0.4, 0.5) is 5.69 Å². The second-order valence-corrected chi connectivity index (χ2v) is 7.24. The van der Waals surface area contributed by atoms with Crippen LogP contribution < -0.4 is 10.6 Å². The number of imidazole rings is 1. The van der Waals surface area contributed by atoms with E-state index >= 15 is 0 Å². The Hall–Kier alpha value is -3.48. The summed E-state index contributed by atoms with van der Waals surface area (Å²) in [6, 6.07) is 9.66. The van der Waals surface area contributed by atoms with Crippen LogP contribution >= 0.6 is 0 Å². The fraction of sp³-hybridized carbons (Fsp3) is 0.200. The summed E-state index contributed by atoms with van der Waals surface area (Å²) in [5.41, 5.74) is 5.48. The molecule has 2 aromatic heterocycles.